The number of nitrogens with zero attached hydrogens (tertiary/aromatic N) is 6. The maximum Gasteiger partial charge on any atom is 0.329 e. The summed E-state index contributed by atoms with van der Waals surface area (Å²) < 4.78 is 26.2. The molecule has 310 valence electrons. The Hall–Kier alpha value is -5.57. The molecular formula is C44H51FN8O6. The Balaban J connectivity index is 0.814. The van der Waals surface area contributed by atoms with Crippen LogP contribution in [0.3, 0.4) is 0 Å². The van der Waals surface area contributed by atoms with Gasteiger partial charge in [0.25, 0.3) is 11.5 Å². The number of alkyl halides is 1. The number of hydrogen-bond donors (Lipinski definition) is 2. The third-order valence-electron chi connectivity index (χ3n) is 12.9. The molecule has 0 bridgehead atoms. The van der Waals surface area contributed by atoms with Gasteiger partial charge in [-0.25, -0.2) is 14.2 Å². The molecule has 2 saturated heterocycles. The van der Waals surface area contributed by atoms with Crippen LogP contribution in [0.5, 0.6) is 5.75 Å². The van der Waals surface area contributed by atoms with E-state index in [1.807, 2.05) is 30.5 Å². The molecule has 0 radical (unpaired) electrons. The first kappa shape index (κ1) is 38.9. The van der Waals surface area contributed by atoms with Gasteiger partial charge in [-0.05, 0) is 114 Å². The number of anilines is 1. The Kier molecular flexibility index (Phi) is 10.3. The molecule has 1 aromatic carbocycles. The number of hydrogen-bond acceptors (Lipinski definition) is 8. The van der Waals surface area contributed by atoms with Crippen LogP contribution in [0.25, 0.3) is 16.7 Å². The van der Waals surface area contributed by atoms with Crippen molar-refractivity contribution in [3.05, 3.63) is 92.6 Å². The third kappa shape index (κ3) is 7.60. The van der Waals surface area contributed by atoms with E-state index in [4.69, 9.17) is 9.72 Å². The normalized spacial score (nSPS) is 24.2. The number of fused-ring (bicyclic) bond motifs is 2. The van der Waals surface area contributed by atoms with Gasteiger partial charge in [-0.2, -0.15) is 0 Å². The lowest BCUT2D eigenvalue weighted by atomic mass is 9.80. The quantitative estimate of drug-likeness (QED) is 0.173. The van der Waals surface area contributed by atoms with E-state index in [1.54, 1.807) is 36.1 Å². The number of nitrogens with one attached hydrogen (secondary N) is 2. The van der Waals surface area contributed by atoms with E-state index >= 15 is 0 Å². The van der Waals surface area contributed by atoms with Crippen molar-refractivity contribution >= 4 is 40.1 Å². The minimum Gasteiger partial charge on any atom is -0.490 e. The molecular weight excluding hydrogens is 756 g/mol. The number of ether oxygens (including phenoxy) is 1. The van der Waals surface area contributed by atoms with Gasteiger partial charge >= 0.3 is 5.69 Å². The predicted octanol–water partition coefficient (Wildman–Crippen LogP) is 5.60. The van der Waals surface area contributed by atoms with E-state index in [-0.39, 0.29) is 35.4 Å². The van der Waals surface area contributed by atoms with Crippen molar-refractivity contribution in [2.75, 3.05) is 25.0 Å². The lowest BCUT2D eigenvalue weighted by Gasteiger charge is -2.36. The van der Waals surface area contributed by atoms with Gasteiger partial charge in [0.1, 0.15) is 29.3 Å². The highest BCUT2D eigenvalue weighted by Gasteiger charge is 2.40. The Morgan fingerprint density at radius 1 is 0.966 bits per heavy atom. The number of piperidine rings is 2. The van der Waals surface area contributed by atoms with E-state index in [1.165, 1.54) is 20.8 Å². The van der Waals surface area contributed by atoms with Crippen LogP contribution in [0.4, 0.5) is 10.1 Å². The number of amides is 3. The first-order chi connectivity index (χ1) is 28.4. The van der Waals surface area contributed by atoms with Crippen molar-refractivity contribution in [3.63, 3.8) is 0 Å². The molecule has 4 fully saturated rings. The summed E-state index contributed by atoms with van der Waals surface area (Å²) in [6, 6.07) is 9.94. The fourth-order valence-electron chi connectivity index (χ4n) is 9.57. The lowest BCUT2D eigenvalue weighted by Crippen LogP contribution is -2.44. The number of pyridine rings is 2. The topological polar surface area (TPSA) is 154 Å². The number of benzene rings is 1. The molecule has 0 spiro atoms. The van der Waals surface area contributed by atoms with Crippen molar-refractivity contribution in [1.82, 2.24) is 33.3 Å². The van der Waals surface area contributed by atoms with Gasteiger partial charge in [0.2, 0.25) is 11.8 Å². The van der Waals surface area contributed by atoms with Crippen LogP contribution in [0.15, 0.2) is 64.6 Å². The van der Waals surface area contributed by atoms with Gasteiger partial charge in [0, 0.05) is 57.0 Å². The monoisotopic (exact) mass is 806 g/mol. The van der Waals surface area contributed by atoms with E-state index in [0.717, 1.165) is 74.9 Å². The van der Waals surface area contributed by atoms with Crippen molar-refractivity contribution in [2.24, 2.45) is 13.0 Å². The van der Waals surface area contributed by atoms with Crippen LogP contribution in [0.2, 0.25) is 0 Å². The molecule has 2 N–H and O–H groups in total. The number of likely N-dealkylation sites (tertiary alicyclic amines) is 1. The average Bonchev–Trinajstić information content (AvgIpc) is 3.70. The Labute approximate surface area is 340 Å². The van der Waals surface area contributed by atoms with Crippen molar-refractivity contribution in [2.45, 2.75) is 108 Å². The number of aromatic nitrogens is 5. The van der Waals surface area contributed by atoms with Crippen LogP contribution in [0, 0.1) is 5.92 Å². The third-order valence-corrected chi connectivity index (χ3v) is 12.9. The maximum atomic E-state index is 13.7. The fraction of sp³-hybridized carbons (Fsp3) is 0.500. The molecule has 9 rings (SSSR count). The summed E-state index contributed by atoms with van der Waals surface area (Å²) in [6.07, 6.45) is 11.2. The zero-order chi connectivity index (χ0) is 41.1. The summed E-state index contributed by atoms with van der Waals surface area (Å²) >= 11 is 0. The molecule has 1 unspecified atom stereocenters. The molecule has 2 saturated carbocycles. The first-order valence-electron chi connectivity index (χ1n) is 21.0. The number of imide groups is 1. The summed E-state index contributed by atoms with van der Waals surface area (Å²) in [5.74, 6) is 0.479. The molecule has 4 aromatic heterocycles. The zero-order valence-corrected chi connectivity index (χ0v) is 33.7. The maximum absolute atomic E-state index is 13.7. The molecule has 5 aromatic rings. The molecule has 4 aliphatic rings. The molecule has 14 nitrogen and oxygen atoms in total. The summed E-state index contributed by atoms with van der Waals surface area (Å²) in [5.41, 5.74) is 4.11. The number of carbonyl (C=O) groups is 3. The average molecular weight is 807 g/mol. The van der Waals surface area contributed by atoms with Gasteiger partial charge in [0.15, 0.2) is 0 Å². The highest BCUT2D eigenvalue weighted by Crippen LogP contribution is 2.39. The second-order valence-corrected chi connectivity index (χ2v) is 17.3. The summed E-state index contributed by atoms with van der Waals surface area (Å²) in [4.78, 5) is 71.8. The molecule has 3 amide bonds. The van der Waals surface area contributed by atoms with Crippen molar-refractivity contribution in [1.29, 1.82) is 0 Å². The number of carbonyl (C=O) groups excluding carboxylic acids is 3. The van der Waals surface area contributed by atoms with Crippen molar-refractivity contribution in [3.8, 4) is 5.75 Å². The Bertz CT molecular complexity index is 2570. The minimum atomic E-state index is -1.05. The van der Waals surface area contributed by atoms with E-state index < -0.39 is 35.6 Å². The Morgan fingerprint density at radius 3 is 2.44 bits per heavy atom. The van der Waals surface area contributed by atoms with Crippen LogP contribution >= 0.6 is 0 Å². The molecule has 3 atom stereocenters. The highest BCUT2D eigenvalue weighted by molar-refractivity contribution is 6.06. The second-order valence-electron chi connectivity index (χ2n) is 17.3. The molecule has 2 aliphatic carbocycles. The van der Waals surface area contributed by atoms with Gasteiger partial charge < -0.3 is 23.9 Å². The number of imidazole rings is 2. The van der Waals surface area contributed by atoms with Crippen LogP contribution in [-0.4, -0.2) is 77.6 Å². The van der Waals surface area contributed by atoms with Crippen molar-refractivity contribution < 1.29 is 23.5 Å². The summed E-state index contributed by atoms with van der Waals surface area (Å²) in [6.45, 7) is 6.88. The molecule has 15 heteroatoms. The summed E-state index contributed by atoms with van der Waals surface area (Å²) in [5, 5.41) is 5.12. The molecule has 2 aliphatic heterocycles. The van der Waals surface area contributed by atoms with Crippen LogP contribution in [0.1, 0.15) is 117 Å². The SMILES string of the molecule is CC(C)Oc1cc2nc(C3CCC(CN4CCC(c5ccc6c(c5)n(C)c(=O)n6C5CCC(=O)NC5=O)CC4)CC3)cn2cc1C(=O)Nc1cccn([C@H]2C[C@H]2F)c1=O. The minimum absolute atomic E-state index is 0.0899. The van der Waals surface area contributed by atoms with Gasteiger partial charge in [0.05, 0.1) is 34.4 Å². The summed E-state index contributed by atoms with van der Waals surface area (Å²) in [7, 11) is 1.74. The fourth-order valence-corrected chi connectivity index (χ4v) is 9.57. The van der Waals surface area contributed by atoms with Gasteiger partial charge in [-0.15, -0.1) is 0 Å². The van der Waals surface area contributed by atoms with Crippen LogP contribution < -0.4 is 26.6 Å². The standard InChI is InChI=1S/C44H51FN8O6/c1-25(2)59-38-21-39-46-33(24-51(39)23-30(38)41(55)47-32-5-4-16-52(43(32)57)36-20-31(36)45)28-8-6-26(7-9-28)22-50-17-14-27(15-18-50)29-10-11-34-37(19-29)49(3)44(58)53(34)35-12-13-40(54)48-42(35)56/h4-5,10-11,16,19,21,23-28,31,35-36H,6-9,12-15,17-18,20,22H2,1-3H3,(H,47,55)(H,48,54,56)/t26?,28?,31-,35?,36+/m1/s1. The van der Waals surface area contributed by atoms with Gasteiger partial charge in [-0.3, -0.25) is 33.6 Å². The lowest BCUT2D eigenvalue weighted by molar-refractivity contribution is -0.135. The smallest absolute Gasteiger partial charge is 0.329 e. The first-order valence-corrected chi connectivity index (χ1v) is 21.0. The van der Waals surface area contributed by atoms with E-state index in [0.29, 0.717) is 42.0 Å². The van der Waals surface area contributed by atoms with Gasteiger partial charge in [-0.1, -0.05) is 6.07 Å². The molecule has 6 heterocycles. The predicted molar refractivity (Wildman–Crippen MR) is 220 cm³/mol. The van der Waals surface area contributed by atoms with Crippen LogP contribution in [-0.2, 0) is 16.6 Å². The number of rotatable bonds is 10. The van der Waals surface area contributed by atoms with E-state index in [9.17, 15) is 28.4 Å². The number of aryl methyl sites for hydroxylation is 1. The molecule has 59 heavy (non-hydrogen) atoms. The second kappa shape index (κ2) is 15.6. The van der Waals surface area contributed by atoms with E-state index in [2.05, 4.69) is 27.7 Å². The Morgan fingerprint density at radius 2 is 1.73 bits per heavy atom. The zero-order valence-electron chi connectivity index (χ0n) is 33.7. The largest absolute Gasteiger partial charge is 0.490 e. The number of halogens is 1. The highest BCUT2D eigenvalue weighted by atomic mass is 19.1.